The van der Waals surface area contributed by atoms with Crippen LogP contribution >= 0.6 is 0 Å². The van der Waals surface area contributed by atoms with Crippen molar-refractivity contribution in [3.8, 4) is 6.07 Å². The van der Waals surface area contributed by atoms with E-state index in [2.05, 4.69) is 50.4 Å². The van der Waals surface area contributed by atoms with E-state index in [9.17, 15) is 0 Å². The third kappa shape index (κ3) is 2.73. The molecule has 2 heteroatoms. The van der Waals surface area contributed by atoms with Crippen molar-refractivity contribution < 1.29 is 0 Å². The number of hydrogen-bond acceptors (Lipinski definition) is 2. The Morgan fingerprint density at radius 1 is 1.27 bits per heavy atom. The minimum absolute atomic E-state index is 0.149. The molecule has 0 aromatic heterocycles. The van der Waals surface area contributed by atoms with Gasteiger partial charge in [0.2, 0.25) is 0 Å². The van der Waals surface area contributed by atoms with Gasteiger partial charge in [0.15, 0.2) is 0 Å². The van der Waals surface area contributed by atoms with Gasteiger partial charge in [0, 0.05) is 5.69 Å². The van der Waals surface area contributed by atoms with Crippen LogP contribution in [0.4, 0.5) is 5.69 Å². The molecule has 1 N–H and O–H groups in total. The number of benzene rings is 1. The first-order valence-electron chi connectivity index (χ1n) is 5.32. The van der Waals surface area contributed by atoms with Gasteiger partial charge in [0.1, 0.15) is 6.04 Å². The molecule has 0 aliphatic carbocycles. The van der Waals surface area contributed by atoms with Crippen LogP contribution in [0, 0.1) is 18.3 Å². The summed E-state index contributed by atoms with van der Waals surface area (Å²) in [7, 11) is 0. The molecule has 0 saturated heterocycles. The van der Waals surface area contributed by atoms with Gasteiger partial charge in [0.25, 0.3) is 0 Å². The average molecular weight is 202 g/mol. The van der Waals surface area contributed by atoms with Crippen LogP contribution in [0.25, 0.3) is 0 Å². The fourth-order valence-corrected chi connectivity index (χ4v) is 1.62. The molecule has 1 atom stereocenters. The second kappa shape index (κ2) is 4.84. The summed E-state index contributed by atoms with van der Waals surface area (Å²) < 4.78 is 0. The molecule has 0 amide bonds. The topological polar surface area (TPSA) is 35.8 Å². The van der Waals surface area contributed by atoms with Crippen LogP contribution in [0.5, 0.6) is 0 Å². The Hall–Kier alpha value is -1.49. The molecule has 1 rings (SSSR count). The highest BCUT2D eigenvalue weighted by molar-refractivity contribution is 5.59. The van der Waals surface area contributed by atoms with Crippen LogP contribution in [0.1, 0.15) is 37.8 Å². The van der Waals surface area contributed by atoms with E-state index >= 15 is 0 Å². The number of nitriles is 1. The zero-order chi connectivity index (χ0) is 11.4. The minimum Gasteiger partial charge on any atom is -0.370 e. The van der Waals surface area contributed by atoms with Crippen molar-refractivity contribution >= 4 is 5.69 Å². The number of rotatable bonds is 3. The number of para-hydroxylation sites is 1. The third-order valence-corrected chi connectivity index (χ3v) is 2.48. The summed E-state index contributed by atoms with van der Waals surface area (Å²) in [5.74, 6) is 0.471. The Morgan fingerprint density at radius 3 is 2.47 bits per heavy atom. The molecule has 1 aromatic rings. The van der Waals surface area contributed by atoms with E-state index in [1.807, 2.05) is 6.92 Å². The second-order valence-electron chi connectivity index (χ2n) is 4.19. The zero-order valence-corrected chi connectivity index (χ0v) is 9.83. The SMILES string of the molecule is Cc1cccc(C(C)C)c1NC(C)C#N. The van der Waals surface area contributed by atoms with Crippen LogP contribution in [-0.2, 0) is 0 Å². The number of anilines is 1. The van der Waals surface area contributed by atoms with Crippen LogP contribution in [0.15, 0.2) is 18.2 Å². The van der Waals surface area contributed by atoms with E-state index in [-0.39, 0.29) is 6.04 Å². The molecule has 0 aliphatic rings. The van der Waals surface area contributed by atoms with Gasteiger partial charge in [-0.3, -0.25) is 0 Å². The summed E-state index contributed by atoms with van der Waals surface area (Å²) >= 11 is 0. The molecule has 0 bridgehead atoms. The highest BCUT2D eigenvalue weighted by atomic mass is 14.9. The molecule has 0 aliphatic heterocycles. The summed E-state index contributed by atoms with van der Waals surface area (Å²) in [5.41, 5.74) is 3.59. The van der Waals surface area contributed by atoms with Gasteiger partial charge in [-0.1, -0.05) is 32.0 Å². The van der Waals surface area contributed by atoms with Crippen LogP contribution in [0.3, 0.4) is 0 Å². The highest BCUT2D eigenvalue weighted by Gasteiger charge is 2.10. The lowest BCUT2D eigenvalue weighted by Crippen LogP contribution is -2.15. The third-order valence-electron chi connectivity index (χ3n) is 2.48. The maximum absolute atomic E-state index is 8.80. The Kier molecular flexibility index (Phi) is 3.74. The van der Waals surface area contributed by atoms with E-state index in [4.69, 9.17) is 5.26 Å². The summed E-state index contributed by atoms with van der Waals surface area (Å²) in [6.45, 7) is 8.27. The molecular formula is C13H18N2. The molecule has 1 aromatic carbocycles. The normalized spacial score (nSPS) is 12.3. The summed E-state index contributed by atoms with van der Waals surface area (Å²) in [6.07, 6.45) is 0. The largest absolute Gasteiger partial charge is 0.370 e. The predicted molar refractivity (Wildman–Crippen MR) is 64.0 cm³/mol. The first-order valence-corrected chi connectivity index (χ1v) is 5.32. The lowest BCUT2D eigenvalue weighted by atomic mass is 9.98. The van der Waals surface area contributed by atoms with Gasteiger partial charge in [-0.25, -0.2) is 0 Å². The van der Waals surface area contributed by atoms with Crippen molar-refractivity contribution in [2.45, 2.75) is 39.7 Å². The Morgan fingerprint density at radius 2 is 1.93 bits per heavy atom. The van der Waals surface area contributed by atoms with Crippen molar-refractivity contribution in [2.24, 2.45) is 0 Å². The van der Waals surface area contributed by atoms with Crippen LogP contribution in [0.2, 0.25) is 0 Å². The van der Waals surface area contributed by atoms with E-state index in [1.54, 1.807) is 0 Å². The number of nitrogens with one attached hydrogen (secondary N) is 1. The second-order valence-corrected chi connectivity index (χ2v) is 4.19. The average Bonchev–Trinajstić information content (AvgIpc) is 2.20. The molecular weight excluding hydrogens is 184 g/mol. The molecule has 15 heavy (non-hydrogen) atoms. The molecule has 1 unspecified atom stereocenters. The fraction of sp³-hybridized carbons (Fsp3) is 0.462. The smallest absolute Gasteiger partial charge is 0.111 e. The fourth-order valence-electron chi connectivity index (χ4n) is 1.62. The van der Waals surface area contributed by atoms with Crippen molar-refractivity contribution in [2.75, 3.05) is 5.32 Å². The van der Waals surface area contributed by atoms with E-state index in [0.717, 1.165) is 5.69 Å². The maximum atomic E-state index is 8.80. The van der Waals surface area contributed by atoms with Crippen LogP contribution < -0.4 is 5.32 Å². The van der Waals surface area contributed by atoms with Gasteiger partial charge in [-0.15, -0.1) is 0 Å². The lowest BCUT2D eigenvalue weighted by molar-refractivity contribution is 0.859. The first-order chi connectivity index (χ1) is 7.06. The van der Waals surface area contributed by atoms with Crippen LogP contribution in [-0.4, -0.2) is 6.04 Å². The van der Waals surface area contributed by atoms with Crippen molar-refractivity contribution in [3.63, 3.8) is 0 Å². The monoisotopic (exact) mass is 202 g/mol. The van der Waals surface area contributed by atoms with Gasteiger partial charge < -0.3 is 5.32 Å². The number of hydrogen-bond donors (Lipinski definition) is 1. The number of nitrogens with zero attached hydrogens (tertiary/aromatic N) is 1. The van der Waals surface area contributed by atoms with Gasteiger partial charge in [-0.2, -0.15) is 5.26 Å². The van der Waals surface area contributed by atoms with Gasteiger partial charge >= 0.3 is 0 Å². The lowest BCUT2D eigenvalue weighted by Gasteiger charge is -2.18. The summed E-state index contributed by atoms with van der Waals surface area (Å²) in [6, 6.07) is 8.29. The highest BCUT2D eigenvalue weighted by Crippen LogP contribution is 2.27. The first kappa shape index (κ1) is 11.6. The van der Waals surface area contributed by atoms with E-state index in [0.29, 0.717) is 5.92 Å². The van der Waals surface area contributed by atoms with E-state index in [1.165, 1.54) is 11.1 Å². The van der Waals surface area contributed by atoms with Crippen molar-refractivity contribution in [1.29, 1.82) is 5.26 Å². The quantitative estimate of drug-likeness (QED) is 0.815. The number of aryl methyl sites for hydroxylation is 1. The van der Waals surface area contributed by atoms with Gasteiger partial charge in [-0.05, 0) is 30.9 Å². The molecule has 0 saturated carbocycles. The molecule has 0 spiro atoms. The Bertz CT molecular complexity index is 375. The summed E-state index contributed by atoms with van der Waals surface area (Å²) in [4.78, 5) is 0. The Labute approximate surface area is 91.9 Å². The molecule has 0 radical (unpaired) electrons. The van der Waals surface area contributed by atoms with Crippen molar-refractivity contribution in [3.05, 3.63) is 29.3 Å². The van der Waals surface area contributed by atoms with Gasteiger partial charge in [0.05, 0.1) is 6.07 Å². The molecule has 0 fully saturated rings. The molecule has 0 heterocycles. The zero-order valence-electron chi connectivity index (χ0n) is 9.83. The summed E-state index contributed by atoms with van der Waals surface area (Å²) in [5, 5.41) is 12.1. The van der Waals surface area contributed by atoms with Crippen molar-refractivity contribution in [1.82, 2.24) is 0 Å². The minimum atomic E-state index is -0.149. The predicted octanol–water partition coefficient (Wildman–Crippen LogP) is 3.44. The standard InChI is InChI=1S/C13H18N2/c1-9(2)12-7-5-6-10(3)13(12)15-11(4)8-14/h5-7,9,11,15H,1-4H3. The van der Waals surface area contributed by atoms with E-state index < -0.39 is 0 Å². The Balaban J connectivity index is 3.09. The molecule has 80 valence electrons. The molecule has 2 nitrogen and oxygen atoms in total. The maximum Gasteiger partial charge on any atom is 0.111 e.